The quantitative estimate of drug-likeness (QED) is 0.302. The van der Waals surface area contributed by atoms with E-state index in [9.17, 15) is 14.0 Å². The van der Waals surface area contributed by atoms with Gasteiger partial charge < -0.3 is 30.2 Å². The van der Waals surface area contributed by atoms with E-state index < -0.39 is 17.6 Å². The number of rotatable bonds is 10. The van der Waals surface area contributed by atoms with Crippen molar-refractivity contribution >= 4 is 28.4 Å². The van der Waals surface area contributed by atoms with Gasteiger partial charge in [-0.3, -0.25) is 14.6 Å². The van der Waals surface area contributed by atoms with Gasteiger partial charge >= 0.3 is 11.8 Å². The molecule has 214 valence electrons. The van der Waals surface area contributed by atoms with Gasteiger partial charge in [0, 0.05) is 42.0 Å². The fourth-order valence-corrected chi connectivity index (χ4v) is 4.61. The predicted octanol–water partition coefficient (Wildman–Crippen LogP) is 5.04. The zero-order valence-electron chi connectivity index (χ0n) is 23.4. The van der Waals surface area contributed by atoms with Crippen LogP contribution >= 0.6 is 0 Å². The molecule has 1 aromatic heterocycles. The minimum Gasteiger partial charge on any atom is -0.493 e. The summed E-state index contributed by atoms with van der Waals surface area (Å²) in [5, 5.41) is 9.03. The molecule has 9 nitrogen and oxygen atoms in total. The van der Waals surface area contributed by atoms with Crippen LogP contribution in [0.1, 0.15) is 40.0 Å². The zero-order valence-corrected chi connectivity index (χ0v) is 23.4. The molecule has 0 aliphatic carbocycles. The third-order valence-corrected chi connectivity index (χ3v) is 6.82. The lowest BCUT2D eigenvalue weighted by Gasteiger charge is -2.28. The van der Waals surface area contributed by atoms with Crippen molar-refractivity contribution in [1.82, 2.24) is 15.6 Å². The predicted molar refractivity (Wildman–Crippen MR) is 152 cm³/mol. The van der Waals surface area contributed by atoms with Crippen molar-refractivity contribution in [1.29, 1.82) is 0 Å². The normalized spacial score (nSPS) is 16.9. The number of halogens is 1. The smallest absolute Gasteiger partial charge is 0.313 e. The molecule has 0 radical (unpaired) electrons. The Kier molecular flexibility index (Phi) is 9.76. The molecule has 40 heavy (non-hydrogen) atoms. The molecule has 1 fully saturated rings. The van der Waals surface area contributed by atoms with Gasteiger partial charge in [-0.1, -0.05) is 13.8 Å². The molecular formula is C30H37FN4O5. The fraction of sp³-hybridized carbons (Fsp3) is 0.433. The molecule has 3 aromatic rings. The van der Waals surface area contributed by atoms with E-state index in [0.29, 0.717) is 59.2 Å². The molecule has 2 atom stereocenters. The van der Waals surface area contributed by atoms with Crippen LogP contribution in [0.25, 0.3) is 10.9 Å². The molecule has 1 aliphatic rings. The first-order valence-corrected chi connectivity index (χ1v) is 13.6. The lowest BCUT2D eigenvalue weighted by atomic mass is 9.94. The Morgan fingerprint density at radius 3 is 2.65 bits per heavy atom. The molecule has 1 saturated heterocycles. The molecule has 4 rings (SSSR count). The van der Waals surface area contributed by atoms with Crippen molar-refractivity contribution in [3.63, 3.8) is 0 Å². The largest absolute Gasteiger partial charge is 0.493 e. The molecule has 2 heterocycles. The van der Waals surface area contributed by atoms with Crippen LogP contribution in [-0.4, -0.2) is 49.6 Å². The van der Waals surface area contributed by atoms with Crippen molar-refractivity contribution in [2.45, 2.75) is 46.1 Å². The second-order valence-corrected chi connectivity index (χ2v) is 10.5. The second kappa shape index (κ2) is 13.4. The fourth-order valence-electron chi connectivity index (χ4n) is 4.61. The summed E-state index contributed by atoms with van der Waals surface area (Å²) in [6.45, 7) is 8.16. The number of pyridine rings is 1. The first-order valence-electron chi connectivity index (χ1n) is 13.6. The van der Waals surface area contributed by atoms with Crippen LogP contribution in [0.2, 0.25) is 0 Å². The maximum atomic E-state index is 15.0. The third-order valence-electron chi connectivity index (χ3n) is 6.82. The average molecular weight is 553 g/mol. The van der Waals surface area contributed by atoms with Crippen LogP contribution in [-0.2, 0) is 9.59 Å². The van der Waals surface area contributed by atoms with E-state index in [1.165, 1.54) is 12.1 Å². The highest BCUT2D eigenvalue weighted by Gasteiger charge is 2.21. The summed E-state index contributed by atoms with van der Waals surface area (Å²) in [4.78, 5) is 28.6. The van der Waals surface area contributed by atoms with Gasteiger partial charge in [-0.25, -0.2) is 4.39 Å². The number of nitrogens with zero attached hydrogens (tertiary/aromatic N) is 1. The summed E-state index contributed by atoms with van der Waals surface area (Å²) in [7, 11) is 1.56. The molecule has 0 saturated carbocycles. The van der Waals surface area contributed by atoms with Crippen LogP contribution < -0.4 is 30.2 Å². The van der Waals surface area contributed by atoms with Gasteiger partial charge in [0.15, 0.2) is 23.1 Å². The SMILES string of the molecule is COc1cc2c(Oc3ccc(NC(=O)C(=O)NCCC(C)C)cc3F)ccnc2cc1OCC1CCNC(C)C1. The number of hydrogen-bond acceptors (Lipinski definition) is 7. The Labute approximate surface area is 233 Å². The first-order chi connectivity index (χ1) is 19.2. The molecule has 0 spiro atoms. The number of aromatic nitrogens is 1. The molecule has 1 aliphatic heterocycles. The third kappa shape index (κ3) is 7.59. The number of anilines is 1. The molecule has 0 bridgehead atoms. The van der Waals surface area contributed by atoms with Crippen LogP contribution in [0.15, 0.2) is 42.6 Å². The van der Waals surface area contributed by atoms with Gasteiger partial charge in [0.05, 0.1) is 19.2 Å². The number of benzene rings is 2. The minimum absolute atomic E-state index is 0.0498. The zero-order chi connectivity index (χ0) is 28.6. The molecule has 2 amide bonds. The van der Waals surface area contributed by atoms with Crippen LogP contribution in [0, 0.1) is 17.7 Å². The Hall–Kier alpha value is -3.92. The summed E-state index contributed by atoms with van der Waals surface area (Å²) in [6.07, 6.45) is 4.43. The van der Waals surface area contributed by atoms with Gasteiger partial charge in [0.2, 0.25) is 0 Å². The van der Waals surface area contributed by atoms with Crippen LogP contribution in [0.4, 0.5) is 10.1 Å². The second-order valence-electron chi connectivity index (χ2n) is 10.5. The Morgan fingerprint density at radius 1 is 1.10 bits per heavy atom. The minimum atomic E-state index is -0.864. The number of ether oxygens (including phenoxy) is 3. The van der Waals surface area contributed by atoms with Gasteiger partial charge in [0.25, 0.3) is 0 Å². The molecule has 3 N–H and O–H groups in total. The molecule has 2 unspecified atom stereocenters. The van der Waals surface area contributed by atoms with Crippen molar-refractivity contribution in [3.05, 3.63) is 48.4 Å². The lowest BCUT2D eigenvalue weighted by Crippen LogP contribution is -2.37. The Morgan fingerprint density at radius 2 is 1.93 bits per heavy atom. The number of methoxy groups -OCH3 is 1. The summed E-state index contributed by atoms with van der Waals surface area (Å²) in [5.74, 6) is -0.0483. The molecular weight excluding hydrogens is 515 g/mol. The maximum absolute atomic E-state index is 15.0. The van der Waals surface area contributed by atoms with Crippen LogP contribution in [0.3, 0.4) is 0 Å². The van der Waals surface area contributed by atoms with Gasteiger partial charge in [-0.2, -0.15) is 0 Å². The van der Waals surface area contributed by atoms with Crippen molar-refractivity contribution in [2.24, 2.45) is 11.8 Å². The summed E-state index contributed by atoms with van der Waals surface area (Å²) < 4.78 is 32.6. The standard InChI is InChI=1S/C30H37FN4O5/c1-18(2)7-10-34-29(36)30(37)35-21-5-6-26(23(31)14-21)40-25-9-12-33-24-16-28(27(38-4)15-22(24)25)39-17-20-8-11-32-19(3)13-20/h5-6,9,12,14-16,18-20,32H,7-8,10-11,13,17H2,1-4H3,(H,34,36)(H,35,37). The highest BCUT2D eigenvalue weighted by molar-refractivity contribution is 6.39. The maximum Gasteiger partial charge on any atom is 0.313 e. The van der Waals surface area contributed by atoms with E-state index in [2.05, 4.69) is 27.9 Å². The van der Waals surface area contributed by atoms with Gasteiger partial charge in [-0.05, 0) is 68.8 Å². The average Bonchev–Trinajstić information content (AvgIpc) is 2.92. The number of hydrogen-bond donors (Lipinski definition) is 3. The number of fused-ring (bicyclic) bond motifs is 1. The Balaban J connectivity index is 1.45. The summed E-state index contributed by atoms with van der Waals surface area (Å²) in [5.41, 5.74) is 0.750. The summed E-state index contributed by atoms with van der Waals surface area (Å²) in [6, 6.07) is 9.63. The van der Waals surface area contributed by atoms with Crippen molar-refractivity contribution in [3.8, 4) is 23.0 Å². The van der Waals surface area contributed by atoms with E-state index in [-0.39, 0.29) is 11.4 Å². The molecule has 10 heteroatoms. The highest BCUT2D eigenvalue weighted by Crippen LogP contribution is 2.38. The number of amides is 2. The Bertz CT molecular complexity index is 1350. The molecule has 2 aromatic carbocycles. The number of nitrogens with one attached hydrogen (secondary N) is 3. The number of carbonyl (C=O) groups excluding carboxylic acids is 2. The first kappa shape index (κ1) is 29.1. The van der Waals surface area contributed by atoms with Crippen LogP contribution in [0.5, 0.6) is 23.0 Å². The van der Waals surface area contributed by atoms with Gasteiger partial charge in [-0.15, -0.1) is 0 Å². The van der Waals surface area contributed by atoms with E-state index >= 15 is 0 Å². The number of piperidine rings is 1. The van der Waals surface area contributed by atoms with Crippen molar-refractivity contribution in [2.75, 3.05) is 32.1 Å². The topological polar surface area (TPSA) is 111 Å². The van der Waals surface area contributed by atoms with E-state index in [1.807, 2.05) is 13.8 Å². The van der Waals surface area contributed by atoms with E-state index in [1.54, 1.807) is 31.5 Å². The highest BCUT2D eigenvalue weighted by atomic mass is 19.1. The van der Waals surface area contributed by atoms with E-state index in [0.717, 1.165) is 31.9 Å². The van der Waals surface area contributed by atoms with Crippen molar-refractivity contribution < 1.29 is 28.2 Å². The number of carbonyl (C=O) groups is 2. The monoisotopic (exact) mass is 552 g/mol. The lowest BCUT2D eigenvalue weighted by molar-refractivity contribution is -0.136. The summed E-state index contributed by atoms with van der Waals surface area (Å²) >= 11 is 0. The van der Waals surface area contributed by atoms with E-state index in [4.69, 9.17) is 14.2 Å². The van der Waals surface area contributed by atoms with Gasteiger partial charge in [0.1, 0.15) is 5.75 Å².